The van der Waals surface area contributed by atoms with E-state index < -0.39 is 0 Å². The molecular formula is C24H25N. The van der Waals surface area contributed by atoms with Gasteiger partial charge in [0.2, 0.25) is 0 Å². The number of nitrogens with zero attached hydrogens (tertiary/aromatic N) is 1. The molecule has 0 fully saturated rings. The summed E-state index contributed by atoms with van der Waals surface area (Å²) < 4.78 is 0. The van der Waals surface area contributed by atoms with Crippen LogP contribution in [-0.4, -0.2) is 4.98 Å². The van der Waals surface area contributed by atoms with Crippen molar-refractivity contribution >= 4 is 0 Å². The van der Waals surface area contributed by atoms with E-state index in [4.69, 9.17) is 4.98 Å². The summed E-state index contributed by atoms with van der Waals surface area (Å²) >= 11 is 0. The highest BCUT2D eigenvalue weighted by Crippen LogP contribution is 2.51. The number of hydrogen-bond acceptors (Lipinski definition) is 1. The highest BCUT2D eigenvalue weighted by atomic mass is 14.7. The monoisotopic (exact) mass is 327 g/mol. The number of pyridine rings is 1. The lowest BCUT2D eigenvalue weighted by Gasteiger charge is -2.24. The Bertz CT molecular complexity index is 941. The van der Waals surface area contributed by atoms with Gasteiger partial charge in [-0.3, -0.25) is 4.98 Å². The molecule has 2 aromatic carbocycles. The molecule has 0 saturated heterocycles. The summed E-state index contributed by atoms with van der Waals surface area (Å²) in [5.74, 6) is 0. The molecule has 0 N–H and O–H groups in total. The summed E-state index contributed by atoms with van der Waals surface area (Å²) in [6, 6.07) is 19.8. The third-order valence-corrected chi connectivity index (χ3v) is 5.49. The van der Waals surface area contributed by atoms with E-state index in [0.29, 0.717) is 0 Å². The minimum Gasteiger partial charge on any atom is -0.256 e. The van der Waals surface area contributed by atoms with Crippen LogP contribution in [0.5, 0.6) is 0 Å². The number of benzene rings is 2. The molecule has 1 heterocycles. The van der Waals surface area contributed by atoms with Crippen LogP contribution in [0.25, 0.3) is 22.4 Å². The lowest BCUT2D eigenvalue weighted by Crippen LogP contribution is -2.16. The summed E-state index contributed by atoms with van der Waals surface area (Å²) in [7, 11) is 0. The van der Waals surface area contributed by atoms with Crippen LogP contribution in [0.3, 0.4) is 0 Å². The van der Waals surface area contributed by atoms with Crippen molar-refractivity contribution in [3.05, 3.63) is 77.5 Å². The fourth-order valence-corrected chi connectivity index (χ4v) is 4.06. The van der Waals surface area contributed by atoms with Crippen LogP contribution in [0.4, 0.5) is 0 Å². The summed E-state index contributed by atoms with van der Waals surface area (Å²) in [4.78, 5) is 4.82. The molecule has 0 unspecified atom stereocenters. The summed E-state index contributed by atoms with van der Waals surface area (Å²) in [5.41, 5.74) is 9.20. The van der Waals surface area contributed by atoms with E-state index in [9.17, 15) is 0 Å². The number of fused-ring (bicyclic) bond motifs is 3. The maximum Gasteiger partial charge on any atom is 0.0705 e. The molecule has 0 atom stereocenters. The smallest absolute Gasteiger partial charge is 0.0705 e. The molecule has 0 saturated carbocycles. The van der Waals surface area contributed by atoms with Gasteiger partial charge in [0, 0.05) is 17.2 Å². The highest BCUT2D eigenvalue weighted by Gasteiger charge is 2.37. The van der Waals surface area contributed by atoms with Gasteiger partial charge >= 0.3 is 0 Å². The van der Waals surface area contributed by atoms with Crippen LogP contribution in [0.1, 0.15) is 51.3 Å². The molecule has 126 valence electrons. The molecule has 1 aliphatic carbocycles. The van der Waals surface area contributed by atoms with E-state index >= 15 is 0 Å². The molecule has 0 bridgehead atoms. The molecule has 3 aromatic rings. The lowest BCUT2D eigenvalue weighted by molar-refractivity contribution is 0.587. The first-order chi connectivity index (χ1) is 11.8. The van der Waals surface area contributed by atoms with Gasteiger partial charge in [0.15, 0.2) is 0 Å². The second kappa shape index (κ2) is 5.29. The van der Waals surface area contributed by atoms with Crippen molar-refractivity contribution in [1.29, 1.82) is 0 Å². The number of rotatable bonds is 1. The average Bonchev–Trinajstić information content (AvgIpc) is 2.83. The van der Waals surface area contributed by atoms with Gasteiger partial charge in [0.25, 0.3) is 0 Å². The molecular weight excluding hydrogens is 302 g/mol. The van der Waals surface area contributed by atoms with Crippen LogP contribution in [-0.2, 0) is 10.8 Å². The first-order valence-electron chi connectivity index (χ1n) is 9.00. The fraction of sp³-hybridized carbons (Fsp3) is 0.292. The van der Waals surface area contributed by atoms with E-state index in [0.717, 1.165) is 5.69 Å². The van der Waals surface area contributed by atoms with E-state index in [-0.39, 0.29) is 10.8 Å². The van der Waals surface area contributed by atoms with Gasteiger partial charge in [-0.15, -0.1) is 0 Å². The fourth-order valence-electron chi connectivity index (χ4n) is 4.06. The summed E-state index contributed by atoms with van der Waals surface area (Å²) in [6.45, 7) is 11.3. The Labute approximate surface area is 150 Å². The zero-order valence-electron chi connectivity index (χ0n) is 15.7. The first-order valence-corrected chi connectivity index (χ1v) is 9.00. The van der Waals surface area contributed by atoms with E-state index in [2.05, 4.69) is 89.2 Å². The normalized spacial score (nSPS) is 14.9. The molecule has 0 aliphatic heterocycles. The predicted octanol–water partition coefficient (Wildman–Crippen LogP) is 6.35. The van der Waals surface area contributed by atoms with Crippen LogP contribution < -0.4 is 0 Å². The van der Waals surface area contributed by atoms with Crippen LogP contribution in [0.15, 0.2) is 60.8 Å². The molecule has 0 spiro atoms. The van der Waals surface area contributed by atoms with Gasteiger partial charge in [-0.05, 0) is 39.3 Å². The minimum atomic E-state index is -0.00705. The molecule has 1 nitrogen and oxygen atoms in total. The van der Waals surface area contributed by atoms with Crippen molar-refractivity contribution in [2.45, 2.75) is 45.4 Å². The lowest BCUT2D eigenvalue weighted by atomic mass is 9.79. The van der Waals surface area contributed by atoms with Gasteiger partial charge in [0.1, 0.15) is 0 Å². The molecule has 1 heteroatoms. The van der Waals surface area contributed by atoms with Crippen molar-refractivity contribution in [2.24, 2.45) is 0 Å². The largest absolute Gasteiger partial charge is 0.256 e. The number of hydrogen-bond donors (Lipinski definition) is 0. The van der Waals surface area contributed by atoms with Gasteiger partial charge in [-0.25, -0.2) is 0 Å². The van der Waals surface area contributed by atoms with Crippen molar-refractivity contribution in [3.8, 4) is 22.4 Å². The maximum atomic E-state index is 4.82. The Kier molecular flexibility index (Phi) is 3.40. The Balaban J connectivity index is 1.90. The van der Waals surface area contributed by atoms with Gasteiger partial charge in [0.05, 0.1) is 5.69 Å². The van der Waals surface area contributed by atoms with Crippen LogP contribution in [0.2, 0.25) is 0 Å². The van der Waals surface area contributed by atoms with Crippen molar-refractivity contribution in [1.82, 2.24) is 4.98 Å². The van der Waals surface area contributed by atoms with Crippen LogP contribution in [0, 0.1) is 0 Å². The SMILES string of the molecule is CC(C)(C)c1ccc(-c2cccc3c2C(C)(C)c2ccccc2-3)nc1. The number of aromatic nitrogens is 1. The van der Waals surface area contributed by atoms with Crippen molar-refractivity contribution < 1.29 is 0 Å². The zero-order chi connectivity index (χ0) is 17.8. The van der Waals surface area contributed by atoms with Gasteiger partial charge in [-0.1, -0.05) is 83.1 Å². The van der Waals surface area contributed by atoms with E-state index in [1.807, 2.05) is 6.20 Å². The predicted molar refractivity (Wildman–Crippen MR) is 106 cm³/mol. The molecule has 25 heavy (non-hydrogen) atoms. The second-order valence-corrected chi connectivity index (χ2v) is 8.58. The Hall–Kier alpha value is -2.41. The van der Waals surface area contributed by atoms with Gasteiger partial charge in [-0.2, -0.15) is 0 Å². The molecule has 4 rings (SSSR count). The van der Waals surface area contributed by atoms with Crippen LogP contribution >= 0.6 is 0 Å². The minimum absolute atomic E-state index is 0.00705. The topological polar surface area (TPSA) is 12.9 Å². The Morgan fingerprint density at radius 1 is 0.760 bits per heavy atom. The average molecular weight is 327 g/mol. The molecule has 1 aliphatic rings. The molecule has 0 radical (unpaired) electrons. The third-order valence-electron chi connectivity index (χ3n) is 5.49. The summed E-state index contributed by atoms with van der Waals surface area (Å²) in [6.07, 6.45) is 2.03. The summed E-state index contributed by atoms with van der Waals surface area (Å²) in [5, 5.41) is 0. The van der Waals surface area contributed by atoms with E-state index in [1.165, 1.54) is 33.4 Å². The van der Waals surface area contributed by atoms with Crippen molar-refractivity contribution in [2.75, 3.05) is 0 Å². The van der Waals surface area contributed by atoms with Crippen molar-refractivity contribution in [3.63, 3.8) is 0 Å². The Morgan fingerprint density at radius 2 is 1.44 bits per heavy atom. The third kappa shape index (κ3) is 2.41. The van der Waals surface area contributed by atoms with E-state index in [1.54, 1.807) is 0 Å². The zero-order valence-corrected chi connectivity index (χ0v) is 15.7. The highest BCUT2D eigenvalue weighted by molar-refractivity contribution is 5.87. The first kappa shape index (κ1) is 16.1. The molecule has 1 aromatic heterocycles. The maximum absolute atomic E-state index is 4.82. The van der Waals surface area contributed by atoms with Gasteiger partial charge < -0.3 is 0 Å². The quantitative estimate of drug-likeness (QED) is 0.507. The second-order valence-electron chi connectivity index (χ2n) is 8.58. The standard InChI is InChI=1S/C24H25N/c1-23(2,3)16-13-14-21(25-15-16)19-11-8-10-18-17-9-6-7-12-20(17)24(4,5)22(18)19/h6-15H,1-5H3. The molecule has 0 amide bonds. The Morgan fingerprint density at radius 3 is 2.12 bits per heavy atom.